The molecule has 0 aliphatic carbocycles. The average molecular weight is 412 g/mol. The van der Waals surface area contributed by atoms with Crippen molar-refractivity contribution in [3.63, 3.8) is 0 Å². The number of methoxy groups -OCH3 is 1. The van der Waals surface area contributed by atoms with Gasteiger partial charge >= 0.3 is 5.97 Å². The maximum atomic E-state index is 13.3. The third-order valence-electron chi connectivity index (χ3n) is 5.37. The highest BCUT2D eigenvalue weighted by atomic mass is 16.5. The predicted octanol–water partition coefficient (Wildman–Crippen LogP) is 4.09. The van der Waals surface area contributed by atoms with Crippen molar-refractivity contribution < 1.29 is 14.3 Å². The van der Waals surface area contributed by atoms with E-state index in [-0.39, 0.29) is 18.7 Å². The van der Waals surface area contributed by atoms with Gasteiger partial charge < -0.3 is 10.1 Å². The Morgan fingerprint density at radius 2 is 1.29 bits per heavy atom. The van der Waals surface area contributed by atoms with Crippen LogP contribution in [-0.4, -0.2) is 25.0 Å². The van der Waals surface area contributed by atoms with Gasteiger partial charge in [0, 0.05) is 12.8 Å². The number of benzene rings is 3. The smallest absolute Gasteiger partial charge is 0.329 e. The largest absolute Gasteiger partial charge is 0.467 e. The number of rotatable bonds is 8. The molecule has 1 amide bonds. The van der Waals surface area contributed by atoms with Gasteiger partial charge in [0.25, 0.3) is 0 Å². The predicted molar refractivity (Wildman–Crippen MR) is 121 cm³/mol. The Morgan fingerprint density at radius 3 is 1.65 bits per heavy atom. The Hall–Kier alpha value is -3.84. The lowest BCUT2D eigenvalue weighted by Crippen LogP contribution is -2.44. The topological polar surface area (TPSA) is 55.4 Å². The molecule has 1 N–H and O–H groups in total. The summed E-state index contributed by atoms with van der Waals surface area (Å²) in [6.45, 7) is 0. The Balaban J connectivity index is 2.11. The molecule has 0 spiro atoms. The highest BCUT2D eigenvalue weighted by molar-refractivity contribution is 5.86. The SMILES string of the molecule is C#CC[C@H](NC(=O)CC(c1ccccc1)(c1ccccc1)c1ccccc1)C(=O)OC. The number of carbonyl (C=O) groups is 2. The average Bonchev–Trinajstić information content (AvgIpc) is 2.83. The summed E-state index contributed by atoms with van der Waals surface area (Å²) in [4.78, 5) is 25.4. The molecule has 3 aromatic carbocycles. The lowest BCUT2D eigenvalue weighted by molar-refractivity contribution is -0.145. The Kier molecular flexibility index (Phi) is 7.24. The molecular weight excluding hydrogens is 386 g/mol. The molecule has 0 unspecified atom stereocenters. The summed E-state index contributed by atoms with van der Waals surface area (Å²) in [7, 11) is 1.28. The number of ether oxygens (including phenoxy) is 1. The molecular formula is C27H25NO3. The third kappa shape index (κ3) is 4.84. The van der Waals surface area contributed by atoms with Gasteiger partial charge in [-0.1, -0.05) is 91.0 Å². The zero-order valence-electron chi connectivity index (χ0n) is 17.5. The summed E-state index contributed by atoms with van der Waals surface area (Å²) >= 11 is 0. The van der Waals surface area contributed by atoms with Gasteiger partial charge in [-0.2, -0.15) is 0 Å². The molecule has 0 radical (unpaired) electrons. The van der Waals surface area contributed by atoms with E-state index in [1.165, 1.54) is 7.11 Å². The molecule has 0 saturated heterocycles. The van der Waals surface area contributed by atoms with Crippen molar-refractivity contribution in [2.24, 2.45) is 0 Å². The number of terminal acetylenes is 1. The first-order valence-corrected chi connectivity index (χ1v) is 10.1. The quantitative estimate of drug-likeness (QED) is 0.345. The first-order valence-electron chi connectivity index (χ1n) is 10.1. The second-order valence-corrected chi connectivity index (χ2v) is 7.23. The van der Waals surface area contributed by atoms with Crippen LogP contribution in [0.25, 0.3) is 0 Å². The van der Waals surface area contributed by atoms with E-state index in [2.05, 4.69) is 11.2 Å². The van der Waals surface area contributed by atoms with E-state index >= 15 is 0 Å². The van der Waals surface area contributed by atoms with Gasteiger partial charge in [-0.15, -0.1) is 12.3 Å². The van der Waals surface area contributed by atoms with Crippen LogP contribution in [0.3, 0.4) is 0 Å². The summed E-state index contributed by atoms with van der Waals surface area (Å²) < 4.78 is 4.80. The number of hydrogen-bond acceptors (Lipinski definition) is 3. The van der Waals surface area contributed by atoms with E-state index in [0.29, 0.717) is 0 Å². The summed E-state index contributed by atoms with van der Waals surface area (Å²) in [6.07, 6.45) is 5.55. The minimum Gasteiger partial charge on any atom is -0.467 e. The molecule has 3 aromatic rings. The molecule has 3 rings (SSSR count). The van der Waals surface area contributed by atoms with Crippen LogP contribution in [0, 0.1) is 12.3 Å². The van der Waals surface area contributed by atoms with Crippen LogP contribution >= 0.6 is 0 Å². The fourth-order valence-electron chi connectivity index (χ4n) is 3.91. The van der Waals surface area contributed by atoms with Crippen LogP contribution < -0.4 is 5.32 Å². The van der Waals surface area contributed by atoms with Gasteiger partial charge in [0.2, 0.25) is 5.91 Å². The van der Waals surface area contributed by atoms with Crippen LogP contribution in [0.15, 0.2) is 91.0 Å². The number of esters is 1. The Bertz CT molecular complexity index is 943. The molecule has 0 saturated carbocycles. The van der Waals surface area contributed by atoms with Gasteiger partial charge in [0.05, 0.1) is 12.5 Å². The van der Waals surface area contributed by atoms with E-state index in [1.54, 1.807) is 0 Å². The monoisotopic (exact) mass is 411 g/mol. The van der Waals surface area contributed by atoms with E-state index in [1.807, 2.05) is 91.0 Å². The van der Waals surface area contributed by atoms with Crippen molar-refractivity contribution in [2.45, 2.75) is 24.3 Å². The molecule has 0 aliphatic heterocycles. The van der Waals surface area contributed by atoms with Crippen LogP contribution in [0.1, 0.15) is 29.5 Å². The van der Waals surface area contributed by atoms with Crippen molar-refractivity contribution in [2.75, 3.05) is 7.11 Å². The Labute approximate surface area is 183 Å². The molecule has 0 bridgehead atoms. The normalized spacial score (nSPS) is 11.7. The van der Waals surface area contributed by atoms with Gasteiger partial charge in [0.15, 0.2) is 0 Å². The van der Waals surface area contributed by atoms with Gasteiger partial charge in [-0.25, -0.2) is 4.79 Å². The van der Waals surface area contributed by atoms with Gasteiger partial charge in [-0.05, 0) is 16.7 Å². The molecule has 0 heterocycles. The Morgan fingerprint density at radius 1 is 0.871 bits per heavy atom. The minimum absolute atomic E-state index is 0.0629. The molecule has 4 heteroatoms. The standard InChI is InChI=1S/C27H25NO3/c1-3-13-24(26(30)31-2)28-25(29)20-27(21-14-7-4-8-15-21,22-16-9-5-10-17-22)23-18-11-6-12-19-23/h1,4-12,14-19,24H,13,20H2,2H3,(H,28,29)/t24-/m0/s1. The summed E-state index contributed by atoms with van der Waals surface area (Å²) in [5, 5.41) is 2.78. The second kappa shape index (κ2) is 10.3. The highest BCUT2D eigenvalue weighted by Crippen LogP contribution is 2.42. The molecule has 0 aromatic heterocycles. The first kappa shape index (κ1) is 21.9. The third-order valence-corrected chi connectivity index (χ3v) is 5.37. The molecule has 0 fully saturated rings. The van der Waals surface area contributed by atoms with E-state index in [0.717, 1.165) is 16.7 Å². The van der Waals surface area contributed by atoms with Crippen molar-refractivity contribution in [1.29, 1.82) is 0 Å². The van der Waals surface area contributed by atoms with Gasteiger partial charge in [0.1, 0.15) is 6.04 Å². The van der Waals surface area contributed by atoms with Crippen molar-refractivity contribution in [3.8, 4) is 12.3 Å². The molecule has 1 atom stereocenters. The van der Waals surface area contributed by atoms with E-state index in [9.17, 15) is 9.59 Å². The van der Waals surface area contributed by atoms with Crippen molar-refractivity contribution in [3.05, 3.63) is 108 Å². The molecule has 31 heavy (non-hydrogen) atoms. The maximum absolute atomic E-state index is 13.3. The summed E-state index contributed by atoms with van der Waals surface area (Å²) in [5.41, 5.74) is 2.20. The molecule has 0 aliphatic rings. The number of hydrogen-bond donors (Lipinski definition) is 1. The molecule has 4 nitrogen and oxygen atoms in total. The van der Waals surface area contributed by atoms with Crippen LogP contribution in [0.4, 0.5) is 0 Å². The minimum atomic E-state index is -0.887. The highest BCUT2D eigenvalue weighted by Gasteiger charge is 2.39. The van der Waals surface area contributed by atoms with Crippen molar-refractivity contribution >= 4 is 11.9 Å². The fraction of sp³-hybridized carbons (Fsp3) is 0.185. The number of carbonyl (C=O) groups excluding carboxylic acids is 2. The van der Waals surface area contributed by atoms with E-state index in [4.69, 9.17) is 11.2 Å². The fourth-order valence-corrected chi connectivity index (χ4v) is 3.91. The van der Waals surface area contributed by atoms with Crippen LogP contribution in [-0.2, 0) is 19.7 Å². The number of nitrogens with one attached hydrogen (secondary N) is 1. The second-order valence-electron chi connectivity index (χ2n) is 7.23. The summed E-state index contributed by atoms with van der Waals surface area (Å²) in [5.74, 6) is 1.58. The summed E-state index contributed by atoms with van der Waals surface area (Å²) in [6, 6.07) is 28.9. The zero-order chi connectivity index (χ0) is 22.1. The van der Waals surface area contributed by atoms with Crippen molar-refractivity contribution in [1.82, 2.24) is 5.32 Å². The first-order chi connectivity index (χ1) is 15.1. The maximum Gasteiger partial charge on any atom is 0.329 e. The lowest BCUT2D eigenvalue weighted by atomic mass is 9.67. The number of amides is 1. The lowest BCUT2D eigenvalue weighted by Gasteiger charge is -2.36. The zero-order valence-corrected chi connectivity index (χ0v) is 17.5. The van der Waals surface area contributed by atoms with Crippen LogP contribution in [0.5, 0.6) is 0 Å². The molecule has 156 valence electrons. The van der Waals surface area contributed by atoms with E-state index < -0.39 is 17.4 Å². The van der Waals surface area contributed by atoms with Gasteiger partial charge in [-0.3, -0.25) is 4.79 Å². The van der Waals surface area contributed by atoms with Crippen LogP contribution in [0.2, 0.25) is 0 Å².